The number of rotatable bonds is 9. The van der Waals surface area contributed by atoms with Gasteiger partial charge < -0.3 is 14.2 Å². The lowest BCUT2D eigenvalue weighted by Gasteiger charge is -2.33. The van der Waals surface area contributed by atoms with Gasteiger partial charge in [-0.3, -0.25) is 4.79 Å². The minimum absolute atomic E-state index is 0.245. The molecule has 0 saturated heterocycles. The number of carbonyl (C=O) groups excluding carboxylic acids is 1. The number of benzene rings is 1. The first-order chi connectivity index (χ1) is 15.2. The highest BCUT2D eigenvalue weighted by Gasteiger charge is 2.30. The molecule has 0 aliphatic heterocycles. The van der Waals surface area contributed by atoms with Gasteiger partial charge in [-0.2, -0.15) is 5.10 Å². The summed E-state index contributed by atoms with van der Waals surface area (Å²) >= 11 is 0. The quantitative estimate of drug-likeness (QED) is 0.507. The number of nitrogens with zero attached hydrogens (tertiary/aromatic N) is 1. The molecular formula is C25H38N2O4. The van der Waals surface area contributed by atoms with Crippen LogP contribution in [0.2, 0.25) is 0 Å². The van der Waals surface area contributed by atoms with Crippen LogP contribution in [0.4, 0.5) is 0 Å². The molecule has 0 aromatic heterocycles. The van der Waals surface area contributed by atoms with E-state index in [0.717, 1.165) is 18.8 Å². The summed E-state index contributed by atoms with van der Waals surface area (Å²) in [7, 11) is 0. The molecule has 2 saturated carbocycles. The lowest BCUT2D eigenvalue weighted by Crippen LogP contribution is -2.31. The summed E-state index contributed by atoms with van der Waals surface area (Å²) in [5.74, 6) is 2.58. The van der Waals surface area contributed by atoms with Gasteiger partial charge in [0.15, 0.2) is 11.5 Å². The van der Waals surface area contributed by atoms with E-state index in [-0.39, 0.29) is 5.91 Å². The maximum absolute atomic E-state index is 13.0. The van der Waals surface area contributed by atoms with Gasteiger partial charge in [0.25, 0.3) is 5.91 Å². The number of hydrogen-bond donors (Lipinski definition) is 1. The molecule has 2 fully saturated rings. The molecule has 2 aliphatic rings. The first-order valence-electron chi connectivity index (χ1n) is 12.1. The second-order valence-electron chi connectivity index (χ2n) is 8.40. The van der Waals surface area contributed by atoms with Gasteiger partial charge in [0.2, 0.25) is 5.75 Å². The normalized spacial score (nSPS) is 21.0. The summed E-state index contributed by atoms with van der Waals surface area (Å²) in [5, 5.41) is 4.63. The van der Waals surface area contributed by atoms with Crippen molar-refractivity contribution in [2.45, 2.75) is 78.6 Å². The molecule has 0 radical (unpaired) electrons. The third-order valence-electron chi connectivity index (χ3n) is 6.32. The minimum Gasteiger partial charge on any atom is -0.490 e. The molecule has 0 bridgehead atoms. The van der Waals surface area contributed by atoms with Crippen LogP contribution in [0.25, 0.3) is 0 Å². The van der Waals surface area contributed by atoms with Crippen molar-refractivity contribution in [2.24, 2.45) is 16.9 Å². The Morgan fingerprint density at radius 1 is 0.903 bits per heavy atom. The first-order valence-corrected chi connectivity index (χ1v) is 12.1. The summed E-state index contributed by atoms with van der Waals surface area (Å²) < 4.78 is 17.2. The minimum atomic E-state index is -0.245. The van der Waals surface area contributed by atoms with Crippen molar-refractivity contribution >= 4 is 11.6 Å². The van der Waals surface area contributed by atoms with E-state index in [2.05, 4.69) is 10.5 Å². The van der Waals surface area contributed by atoms with E-state index in [1.807, 2.05) is 20.8 Å². The van der Waals surface area contributed by atoms with Crippen molar-refractivity contribution < 1.29 is 19.0 Å². The number of hydrogen-bond acceptors (Lipinski definition) is 5. The summed E-state index contributed by atoms with van der Waals surface area (Å²) in [6.07, 6.45) is 11.2. The zero-order chi connectivity index (χ0) is 22.1. The summed E-state index contributed by atoms with van der Waals surface area (Å²) in [6, 6.07) is 3.43. The summed E-state index contributed by atoms with van der Waals surface area (Å²) in [4.78, 5) is 13.0. The molecule has 0 spiro atoms. The highest BCUT2D eigenvalue weighted by molar-refractivity contribution is 5.97. The fourth-order valence-electron chi connectivity index (χ4n) is 4.91. The third-order valence-corrected chi connectivity index (χ3v) is 6.32. The zero-order valence-corrected chi connectivity index (χ0v) is 19.4. The van der Waals surface area contributed by atoms with Crippen LogP contribution in [0.1, 0.15) is 88.9 Å². The first kappa shape index (κ1) is 23.4. The summed E-state index contributed by atoms with van der Waals surface area (Å²) in [6.45, 7) is 7.16. The zero-order valence-electron chi connectivity index (χ0n) is 19.4. The largest absolute Gasteiger partial charge is 0.490 e. The Morgan fingerprint density at radius 3 is 2.13 bits per heavy atom. The van der Waals surface area contributed by atoms with Crippen LogP contribution in [-0.2, 0) is 0 Å². The number of ether oxygens (including phenoxy) is 3. The van der Waals surface area contributed by atoms with Gasteiger partial charge in [-0.05, 0) is 70.9 Å². The second kappa shape index (κ2) is 12.0. The Bertz CT molecular complexity index is 729. The van der Waals surface area contributed by atoms with Crippen molar-refractivity contribution in [2.75, 3.05) is 19.8 Å². The molecule has 172 valence electrons. The maximum Gasteiger partial charge on any atom is 0.271 e. The highest BCUT2D eigenvalue weighted by Crippen LogP contribution is 2.39. The Labute approximate surface area is 186 Å². The van der Waals surface area contributed by atoms with Crippen LogP contribution < -0.4 is 19.6 Å². The van der Waals surface area contributed by atoms with Crippen LogP contribution in [0.3, 0.4) is 0 Å². The van der Waals surface area contributed by atoms with Crippen LogP contribution in [0.5, 0.6) is 17.2 Å². The Morgan fingerprint density at radius 2 is 1.52 bits per heavy atom. The van der Waals surface area contributed by atoms with Crippen molar-refractivity contribution in [3.8, 4) is 17.2 Å². The SMILES string of the molecule is CCOc1cc(C(=O)NN=C2CCCCC2C2CCCCC2)cc(OCC)c1OCC. The third kappa shape index (κ3) is 6.14. The number of carbonyl (C=O) groups is 1. The molecule has 0 heterocycles. The van der Waals surface area contributed by atoms with Crippen molar-refractivity contribution in [1.82, 2.24) is 5.43 Å². The average Bonchev–Trinajstić information content (AvgIpc) is 2.80. The van der Waals surface area contributed by atoms with Crippen LogP contribution in [0, 0.1) is 11.8 Å². The van der Waals surface area contributed by atoms with E-state index >= 15 is 0 Å². The van der Waals surface area contributed by atoms with E-state index in [9.17, 15) is 4.79 Å². The van der Waals surface area contributed by atoms with E-state index in [4.69, 9.17) is 14.2 Å². The van der Waals surface area contributed by atoms with Crippen molar-refractivity contribution in [1.29, 1.82) is 0 Å². The molecular weight excluding hydrogens is 392 g/mol. The van der Waals surface area contributed by atoms with Gasteiger partial charge in [-0.25, -0.2) is 5.43 Å². The predicted octanol–water partition coefficient (Wildman–Crippen LogP) is 5.74. The van der Waals surface area contributed by atoms with E-state index < -0.39 is 0 Å². The van der Waals surface area contributed by atoms with Crippen molar-refractivity contribution in [3.63, 3.8) is 0 Å². The standard InChI is InChI=1S/C25H38N2O4/c1-4-29-22-16-19(17-23(30-5-2)24(22)31-6-3)25(28)27-26-21-15-11-10-14-20(21)18-12-8-7-9-13-18/h16-18,20H,4-15H2,1-3H3,(H,27,28). The van der Waals surface area contributed by atoms with Crippen LogP contribution in [0.15, 0.2) is 17.2 Å². The molecule has 6 nitrogen and oxygen atoms in total. The smallest absolute Gasteiger partial charge is 0.271 e. The van der Waals surface area contributed by atoms with Crippen LogP contribution >= 0.6 is 0 Å². The van der Waals surface area contributed by atoms with Gasteiger partial charge >= 0.3 is 0 Å². The van der Waals surface area contributed by atoms with Gasteiger partial charge in [0.1, 0.15) is 0 Å². The van der Waals surface area contributed by atoms with Gasteiger partial charge in [-0.15, -0.1) is 0 Å². The average molecular weight is 431 g/mol. The number of hydrazone groups is 1. The summed E-state index contributed by atoms with van der Waals surface area (Å²) in [5.41, 5.74) is 4.46. The predicted molar refractivity (Wildman–Crippen MR) is 123 cm³/mol. The van der Waals surface area contributed by atoms with Gasteiger partial charge in [0, 0.05) is 17.2 Å². The molecule has 1 amide bonds. The van der Waals surface area contributed by atoms with Crippen LogP contribution in [-0.4, -0.2) is 31.4 Å². The second-order valence-corrected chi connectivity index (χ2v) is 8.40. The fourth-order valence-corrected chi connectivity index (χ4v) is 4.91. The van der Waals surface area contributed by atoms with Gasteiger partial charge in [0.05, 0.1) is 19.8 Å². The van der Waals surface area contributed by atoms with E-state index in [0.29, 0.717) is 48.6 Å². The highest BCUT2D eigenvalue weighted by atomic mass is 16.5. The molecule has 6 heteroatoms. The Balaban J connectivity index is 1.79. The Hall–Kier alpha value is -2.24. The monoisotopic (exact) mass is 430 g/mol. The van der Waals surface area contributed by atoms with E-state index in [1.165, 1.54) is 50.7 Å². The molecule has 1 atom stereocenters. The van der Waals surface area contributed by atoms with Crippen molar-refractivity contribution in [3.05, 3.63) is 17.7 Å². The maximum atomic E-state index is 13.0. The number of nitrogens with one attached hydrogen (secondary N) is 1. The molecule has 1 N–H and O–H groups in total. The topological polar surface area (TPSA) is 69.2 Å². The molecule has 3 rings (SSSR count). The fraction of sp³-hybridized carbons (Fsp3) is 0.680. The molecule has 1 aromatic rings. The molecule has 1 unspecified atom stereocenters. The molecule has 31 heavy (non-hydrogen) atoms. The lowest BCUT2D eigenvalue weighted by molar-refractivity contribution is 0.0953. The Kier molecular flexibility index (Phi) is 9.04. The van der Waals surface area contributed by atoms with E-state index in [1.54, 1.807) is 12.1 Å². The van der Waals surface area contributed by atoms with Gasteiger partial charge in [-0.1, -0.05) is 25.7 Å². The number of amides is 1. The molecule has 2 aliphatic carbocycles. The lowest BCUT2D eigenvalue weighted by atomic mass is 9.72. The molecule has 1 aromatic carbocycles.